The van der Waals surface area contributed by atoms with E-state index >= 15 is 0 Å². The first kappa shape index (κ1) is 30.5. The van der Waals surface area contributed by atoms with E-state index in [0.29, 0.717) is 44.4 Å². The number of rotatable bonds is 13. The van der Waals surface area contributed by atoms with Gasteiger partial charge in [0.25, 0.3) is 5.91 Å². The maximum atomic E-state index is 13.5. The zero-order valence-corrected chi connectivity index (χ0v) is 25.8. The summed E-state index contributed by atoms with van der Waals surface area (Å²) in [6, 6.07) is 25.9. The van der Waals surface area contributed by atoms with Gasteiger partial charge >= 0.3 is 0 Å². The SMILES string of the molecule is COc1ccc2c(ccn2CCCCCCCCNC(=O)c2cc(-c3cccc(Cl)c3)c([O])c(-c3cccc(Cl)c3)c2)c1. The molecular weight excluding hydrogens is 579 g/mol. The summed E-state index contributed by atoms with van der Waals surface area (Å²) in [5.74, 6) is 0.501. The highest BCUT2D eigenvalue weighted by molar-refractivity contribution is 6.31. The number of fused-ring (bicyclic) bond motifs is 1. The second kappa shape index (κ2) is 14.5. The lowest BCUT2D eigenvalue weighted by Crippen LogP contribution is -2.24. The average Bonchev–Trinajstić information content (AvgIpc) is 3.42. The summed E-state index contributed by atoms with van der Waals surface area (Å²) in [4.78, 5) is 13.2. The van der Waals surface area contributed by atoms with Gasteiger partial charge in [-0.05, 0) is 84.6 Å². The summed E-state index contributed by atoms with van der Waals surface area (Å²) < 4.78 is 7.63. The molecular formula is C36H35Cl2N2O3. The van der Waals surface area contributed by atoms with Crippen molar-refractivity contribution in [3.05, 3.63) is 107 Å². The van der Waals surface area contributed by atoms with Crippen LogP contribution < -0.4 is 10.1 Å². The van der Waals surface area contributed by atoms with E-state index in [1.54, 1.807) is 55.6 Å². The van der Waals surface area contributed by atoms with Crippen LogP contribution in [0.1, 0.15) is 48.9 Å². The molecule has 0 saturated carbocycles. The summed E-state index contributed by atoms with van der Waals surface area (Å²) in [5.41, 5.74) is 3.86. The molecule has 5 aromatic rings. The van der Waals surface area contributed by atoms with Crippen molar-refractivity contribution in [2.45, 2.75) is 45.1 Å². The molecule has 5 nitrogen and oxygen atoms in total. The number of hydrogen-bond donors (Lipinski definition) is 1. The molecule has 5 rings (SSSR count). The van der Waals surface area contributed by atoms with Gasteiger partial charge in [0.05, 0.1) is 7.11 Å². The molecule has 0 bridgehead atoms. The summed E-state index contributed by atoms with van der Waals surface area (Å²) in [6.07, 6.45) is 8.69. The van der Waals surface area contributed by atoms with E-state index in [1.807, 2.05) is 18.2 Å². The molecule has 1 radical (unpaired) electrons. The van der Waals surface area contributed by atoms with Crippen LogP contribution in [0.3, 0.4) is 0 Å². The number of amides is 1. The van der Waals surface area contributed by atoms with Crippen molar-refractivity contribution < 1.29 is 14.6 Å². The van der Waals surface area contributed by atoms with E-state index in [1.165, 1.54) is 17.3 Å². The minimum Gasteiger partial charge on any atom is -0.497 e. The van der Waals surface area contributed by atoms with Crippen molar-refractivity contribution >= 4 is 40.0 Å². The molecule has 0 aliphatic carbocycles. The second-order valence-electron chi connectivity index (χ2n) is 10.7. The predicted octanol–water partition coefficient (Wildman–Crippen LogP) is 10.2. The fourth-order valence-electron chi connectivity index (χ4n) is 5.42. The van der Waals surface area contributed by atoms with Crippen LogP contribution in [0.4, 0.5) is 0 Å². The number of ether oxygens (including phenoxy) is 1. The Labute approximate surface area is 263 Å². The molecule has 4 aromatic carbocycles. The molecule has 1 aromatic heterocycles. The zero-order valence-electron chi connectivity index (χ0n) is 24.2. The first-order chi connectivity index (χ1) is 20.9. The molecule has 0 spiro atoms. The number of aryl methyl sites for hydroxylation is 1. The number of halogens is 2. The Bertz CT molecular complexity index is 1650. The molecule has 43 heavy (non-hydrogen) atoms. The maximum absolute atomic E-state index is 13.5. The van der Waals surface area contributed by atoms with Gasteiger partial charge in [-0.3, -0.25) is 9.90 Å². The van der Waals surface area contributed by atoms with E-state index in [2.05, 4.69) is 34.3 Å². The molecule has 221 valence electrons. The molecule has 0 aliphatic heterocycles. The molecule has 1 heterocycles. The number of nitrogens with one attached hydrogen (secondary N) is 1. The maximum Gasteiger partial charge on any atom is 0.251 e. The first-order valence-corrected chi connectivity index (χ1v) is 15.5. The molecule has 0 aliphatic rings. The third-order valence-corrected chi connectivity index (χ3v) is 8.18. The second-order valence-corrected chi connectivity index (χ2v) is 11.6. The van der Waals surface area contributed by atoms with Crippen molar-refractivity contribution in [1.82, 2.24) is 9.88 Å². The number of unbranched alkanes of at least 4 members (excludes halogenated alkanes) is 5. The molecule has 1 amide bonds. The van der Waals surface area contributed by atoms with Crippen LogP contribution in [0.25, 0.3) is 33.2 Å². The van der Waals surface area contributed by atoms with E-state index in [0.717, 1.165) is 44.4 Å². The lowest BCUT2D eigenvalue weighted by molar-refractivity contribution is 0.0953. The van der Waals surface area contributed by atoms with Crippen LogP contribution in [0, 0.1) is 0 Å². The number of carbonyl (C=O) groups is 1. The Kier molecular flexibility index (Phi) is 10.3. The third kappa shape index (κ3) is 7.73. The molecule has 0 saturated heterocycles. The summed E-state index contributed by atoms with van der Waals surface area (Å²) in [5, 5.41) is 18.8. The third-order valence-electron chi connectivity index (χ3n) is 7.71. The summed E-state index contributed by atoms with van der Waals surface area (Å²) in [7, 11) is 1.69. The van der Waals surface area contributed by atoms with Gasteiger partial charge in [0.1, 0.15) is 5.75 Å². The number of hydrogen-bond acceptors (Lipinski definition) is 2. The lowest BCUT2D eigenvalue weighted by atomic mass is 9.94. The van der Waals surface area contributed by atoms with E-state index in [-0.39, 0.29) is 11.7 Å². The van der Waals surface area contributed by atoms with Crippen molar-refractivity contribution in [3.8, 4) is 33.8 Å². The Hall–Kier alpha value is -3.93. The standard InChI is InChI=1S/C36H35Cl2N2O3/c1-43-31-14-15-34-27(22-31)16-19-40(34)18-7-5-3-2-4-6-17-39-36(42)28-23-32(25-10-8-12-29(37)20-25)35(41)33(24-28)26-11-9-13-30(38)21-26/h8-16,19-24H,2-7,17-18H2,1H3,(H,39,42). The van der Waals surface area contributed by atoms with E-state index < -0.39 is 0 Å². The Morgan fingerprint density at radius 3 is 2.02 bits per heavy atom. The minimum absolute atomic E-state index is 0.175. The monoisotopic (exact) mass is 613 g/mol. The zero-order chi connectivity index (χ0) is 30.2. The van der Waals surface area contributed by atoms with Gasteiger partial charge in [0.2, 0.25) is 0 Å². The number of methoxy groups -OCH3 is 1. The van der Waals surface area contributed by atoms with Crippen LogP contribution in [0.5, 0.6) is 11.5 Å². The van der Waals surface area contributed by atoms with Crippen molar-refractivity contribution in [2.24, 2.45) is 0 Å². The molecule has 0 fully saturated rings. The molecule has 0 unspecified atom stereocenters. The van der Waals surface area contributed by atoms with Gasteiger partial charge in [-0.25, -0.2) is 0 Å². The van der Waals surface area contributed by atoms with Crippen LogP contribution in [0.2, 0.25) is 10.0 Å². The van der Waals surface area contributed by atoms with Gasteiger partial charge in [-0.15, -0.1) is 0 Å². The van der Waals surface area contributed by atoms with Gasteiger partial charge in [0, 0.05) is 56.9 Å². The van der Waals surface area contributed by atoms with Crippen LogP contribution >= 0.6 is 23.2 Å². The fraction of sp³-hybridized carbons (Fsp3) is 0.250. The lowest BCUT2D eigenvalue weighted by Gasteiger charge is -2.13. The van der Waals surface area contributed by atoms with Crippen LogP contribution in [0.15, 0.2) is 91.1 Å². The highest BCUT2D eigenvalue weighted by atomic mass is 35.5. The predicted molar refractivity (Wildman–Crippen MR) is 176 cm³/mol. The Balaban J connectivity index is 1.12. The number of nitrogens with zero attached hydrogens (tertiary/aromatic N) is 1. The number of carbonyl (C=O) groups excluding carboxylic acids is 1. The summed E-state index contributed by atoms with van der Waals surface area (Å²) >= 11 is 12.4. The fourth-order valence-corrected chi connectivity index (χ4v) is 5.80. The quantitative estimate of drug-likeness (QED) is 0.134. The Morgan fingerprint density at radius 2 is 1.40 bits per heavy atom. The van der Waals surface area contributed by atoms with E-state index in [9.17, 15) is 9.90 Å². The largest absolute Gasteiger partial charge is 0.497 e. The van der Waals surface area contributed by atoms with E-state index in [4.69, 9.17) is 27.9 Å². The van der Waals surface area contributed by atoms with Crippen LogP contribution in [-0.4, -0.2) is 24.1 Å². The Morgan fingerprint density at radius 1 is 0.767 bits per heavy atom. The normalized spacial score (nSPS) is 11.1. The van der Waals surface area contributed by atoms with Gasteiger partial charge in [-0.2, -0.15) is 0 Å². The van der Waals surface area contributed by atoms with Crippen LogP contribution in [-0.2, 0) is 11.7 Å². The number of aromatic nitrogens is 1. The molecule has 0 atom stereocenters. The van der Waals surface area contributed by atoms with Crippen molar-refractivity contribution in [2.75, 3.05) is 13.7 Å². The van der Waals surface area contributed by atoms with Gasteiger partial charge in [0.15, 0.2) is 5.75 Å². The first-order valence-electron chi connectivity index (χ1n) is 14.7. The van der Waals surface area contributed by atoms with Crippen molar-refractivity contribution in [3.63, 3.8) is 0 Å². The number of benzene rings is 4. The van der Waals surface area contributed by atoms with Gasteiger partial charge < -0.3 is 14.6 Å². The molecule has 7 heteroatoms. The van der Waals surface area contributed by atoms with Gasteiger partial charge in [-0.1, -0.05) is 73.2 Å². The average molecular weight is 615 g/mol. The summed E-state index contributed by atoms with van der Waals surface area (Å²) in [6.45, 7) is 1.58. The van der Waals surface area contributed by atoms with Crippen molar-refractivity contribution in [1.29, 1.82) is 0 Å². The minimum atomic E-state index is -0.205. The highest BCUT2D eigenvalue weighted by Gasteiger charge is 2.19. The topological polar surface area (TPSA) is 63.2 Å². The smallest absolute Gasteiger partial charge is 0.251 e. The highest BCUT2D eigenvalue weighted by Crippen LogP contribution is 2.41. The molecule has 1 N–H and O–H groups in total.